The van der Waals surface area contributed by atoms with Crippen LogP contribution in [0.5, 0.6) is 0 Å². The maximum atomic E-state index is 2.39. The minimum atomic E-state index is 0. The van der Waals surface area contributed by atoms with Crippen molar-refractivity contribution in [3.63, 3.8) is 0 Å². The molecule has 0 spiro atoms. The molecule has 0 amide bonds. The summed E-state index contributed by atoms with van der Waals surface area (Å²) >= 11 is 0. The van der Waals surface area contributed by atoms with E-state index < -0.39 is 0 Å². The van der Waals surface area contributed by atoms with Crippen LogP contribution >= 0.6 is 0 Å². The van der Waals surface area contributed by atoms with Gasteiger partial charge in [0.2, 0.25) is 0 Å². The van der Waals surface area contributed by atoms with Crippen LogP contribution in [0.25, 0.3) is 0 Å². The molecule has 1 rings (SSSR count). The first-order chi connectivity index (χ1) is 5.61. The van der Waals surface area contributed by atoms with Crippen LogP contribution in [0, 0.1) is 23.7 Å². The van der Waals surface area contributed by atoms with Gasteiger partial charge in [-0.25, -0.2) is 0 Å². The lowest BCUT2D eigenvalue weighted by Crippen LogP contribution is -2.15. The van der Waals surface area contributed by atoms with E-state index in [-0.39, 0.29) is 14.9 Å². The fraction of sp³-hybridized carbons (Fsp3) is 1.00. The summed E-state index contributed by atoms with van der Waals surface area (Å²) in [5.41, 5.74) is 0. The molecular formula is C14H32. The third-order valence-corrected chi connectivity index (χ3v) is 3.35. The Labute approximate surface area is 92.5 Å². The van der Waals surface area contributed by atoms with Crippen LogP contribution < -0.4 is 0 Å². The highest BCUT2D eigenvalue weighted by molar-refractivity contribution is 4.80. The second kappa shape index (κ2) is 7.31. The predicted octanol–water partition coefficient (Wildman–Crippen LogP) is 5.38. The fourth-order valence-electron chi connectivity index (χ4n) is 2.84. The lowest BCUT2D eigenvalue weighted by molar-refractivity contribution is 0.258. The monoisotopic (exact) mass is 200 g/mol. The van der Waals surface area contributed by atoms with E-state index in [0.29, 0.717) is 0 Å². The zero-order valence-corrected chi connectivity index (χ0v) is 9.14. The summed E-state index contributed by atoms with van der Waals surface area (Å²) in [6, 6.07) is 0. The Kier molecular flexibility index (Phi) is 8.58. The topological polar surface area (TPSA) is 0 Å². The molecule has 0 nitrogen and oxygen atoms in total. The lowest BCUT2D eigenvalue weighted by Gasteiger charge is -2.24. The van der Waals surface area contributed by atoms with Crippen molar-refractivity contribution >= 4 is 0 Å². The van der Waals surface area contributed by atoms with E-state index in [4.69, 9.17) is 0 Å². The zero-order chi connectivity index (χ0) is 9.14. The molecule has 1 fully saturated rings. The summed E-state index contributed by atoms with van der Waals surface area (Å²) in [4.78, 5) is 0. The smallest absolute Gasteiger partial charge is 0.0363 e. The molecule has 0 aliphatic heterocycles. The van der Waals surface area contributed by atoms with Crippen LogP contribution in [-0.4, -0.2) is 0 Å². The maximum absolute atomic E-state index is 2.39. The molecule has 0 aromatic rings. The van der Waals surface area contributed by atoms with E-state index in [2.05, 4.69) is 27.7 Å². The molecular weight excluding hydrogens is 168 g/mol. The van der Waals surface area contributed by atoms with E-state index in [1.807, 2.05) is 0 Å². The van der Waals surface area contributed by atoms with Crippen LogP contribution in [0.4, 0.5) is 0 Å². The van der Waals surface area contributed by atoms with Crippen molar-refractivity contribution < 1.29 is 0 Å². The van der Waals surface area contributed by atoms with Gasteiger partial charge in [-0.2, -0.15) is 0 Å². The van der Waals surface area contributed by atoms with Crippen LogP contribution in [0.1, 0.15) is 68.2 Å². The molecule has 0 aromatic heterocycles. The Morgan fingerprint density at radius 1 is 1.00 bits per heavy atom. The summed E-state index contributed by atoms with van der Waals surface area (Å²) in [5, 5.41) is 0. The third kappa shape index (κ3) is 4.48. The first-order valence-electron chi connectivity index (χ1n) is 5.61. The molecule has 2 atom stereocenters. The third-order valence-electron chi connectivity index (χ3n) is 3.35. The van der Waals surface area contributed by atoms with Crippen LogP contribution in [0.15, 0.2) is 0 Å². The van der Waals surface area contributed by atoms with E-state index in [0.717, 1.165) is 23.7 Å². The predicted molar refractivity (Wildman–Crippen MR) is 68.6 cm³/mol. The van der Waals surface area contributed by atoms with Gasteiger partial charge in [0.05, 0.1) is 0 Å². The Hall–Kier alpha value is 0. The number of rotatable bonds is 3. The normalized spacial score (nSPS) is 26.1. The number of hydrogen-bond donors (Lipinski definition) is 0. The molecule has 1 saturated carbocycles. The maximum Gasteiger partial charge on any atom is -0.0363 e. The molecule has 0 N–H and O–H groups in total. The first kappa shape index (κ1) is 16.4. The van der Waals surface area contributed by atoms with Crippen LogP contribution in [0.2, 0.25) is 0 Å². The van der Waals surface area contributed by atoms with Gasteiger partial charge in [0.25, 0.3) is 0 Å². The van der Waals surface area contributed by atoms with Gasteiger partial charge >= 0.3 is 0 Å². The minimum Gasteiger partial charge on any atom is -0.0776 e. The van der Waals surface area contributed by atoms with Crippen molar-refractivity contribution in [2.45, 2.75) is 68.2 Å². The number of hydrogen-bond acceptors (Lipinski definition) is 0. The van der Waals surface area contributed by atoms with Gasteiger partial charge in [-0.15, -0.1) is 0 Å². The van der Waals surface area contributed by atoms with Crippen molar-refractivity contribution in [3.8, 4) is 0 Å². The molecule has 1 aliphatic carbocycles. The van der Waals surface area contributed by atoms with Crippen molar-refractivity contribution in [1.82, 2.24) is 0 Å². The van der Waals surface area contributed by atoms with Gasteiger partial charge in [0.15, 0.2) is 0 Å². The molecule has 0 heteroatoms. The summed E-state index contributed by atoms with van der Waals surface area (Å²) in [5.74, 6) is 3.89. The molecule has 14 heavy (non-hydrogen) atoms. The van der Waals surface area contributed by atoms with E-state index >= 15 is 0 Å². The standard InChI is InChI=1S/C12H24.2CH4/c1-9(2)8-11-6-5-7-12(11)10(3)4;;/h9-12H,5-8H2,1-4H3;2*1H4. The van der Waals surface area contributed by atoms with Gasteiger partial charge < -0.3 is 0 Å². The van der Waals surface area contributed by atoms with Crippen molar-refractivity contribution in [3.05, 3.63) is 0 Å². The van der Waals surface area contributed by atoms with Crippen molar-refractivity contribution in [2.75, 3.05) is 0 Å². The van der Waals surface area contributed by atoms with E-state index in [1.54, 1.807) is 0 Å². The largest absolute Gasteiger partial charge is 0.0776 e. The second-order valence-corrected chi connectivity index (χ2v) is 5.23. The van der Waals surface area contributed by atoms with Crippen LogP contribution in [-0.2, 0) is 0 Å². The van der Waals surface area contributed by atoms with E-state index in [9.17, 15) is 0 Å². The Bertz CT molecular complexity index is 124. The average molecular weight is 200 g/mol. The first-order valence-corrected chi connectivity index (χ1v) is 5.61. The second-order valence-electron chi connectivity index (χ2n) is 5.23. The summed E-state index contributed by atoms with van der Waals surface area (Å²) in [7, 11) is 0. The highest BCUT2D eigenvalue weighted by Gasteiger charge is 2.29. The SMILES string of the molecule is C.C.CC(C)CC1CCCC1C(C)C. The molecule has 0 aromatic carbocycles. The molecule has 2 unspecified atom stereocenters. The Morgan fingerprint density at radius 3 is 2.00 bits per heavy atom. The van der Waals surface area contributed by atoms with Gasteiger partial charge in [-0.05, 0) is 36.5 Å². The lowest BCUT2D eigenvalue weighted by atomic mass is 9.82. The van der Waals surface area contributed by atoms with Crippen molar-refractivity contribution in [2.24, 2.45) is 23.7 Å². The van der Waals surface area contributed by atoms with E-state index in [1.165, 1.54) is 25.7 Å². The van der Waals surface area contributed by atoms with Gasteiger partial charge in [0.1, 0.15) is 0 Å². The molecule has 0 radical (unpaired) electrons. The van der Waals surface area contributed by atoms with Crippen molar-refractivity contribution in [1.29, 1.82) is 0 Å². The molecule has 0 bridgehead atoms. The summed E-state index contributed by atoms with van der Waals surface area (Å²) in [6.07, 6.45) is 5.94. The summed E-state index contributed by atoms with van der Waals surface area (Å²) < 4.78 is 0. The summed E-state index contributed by atoms with van der Waals surface area (Å²) in [6.45, 7) is 9.50. The molecule has 0 heterocycles. The minimum absolute atomic E-state index is 0. The zero-order valence-electron chi connectivity index (χ0n) is 9.14. The Balaban J connectivity index is 0. The quantitative estimate of drug-likeness (QED) is 0.574. The molecule has 0 saturated heterocycles. The van der Waals surface area contributed by atoms with Gasteiger partial charge in [-0.3, -0.25) is 0 Å². The molecule has 1 aliphatic rings. The highest BCUT2D eigenvalue weighted by Crippen LogP contribution is 2.40. The Morgan fingerprint density at radius 2 is 1.57 bits per heavy atom. The molecule has 88 valence electrons. The van der Waals surface area contributed by atoms with Crippen LogP contribution in [0.3, 0.4) is 0 Å². The van der Waals surface area contributed by atoms with Gasteiger partial charge in [-0.1, -0.05) is 55.4 Å². The highest BCUT2D eigenvalue weighted by atomic mass is 14.3. The average Bonchev–Trinajstić information content (AvgIpc) is 2.33. The van der Waals surface area contributed by atoms with Gasteiger partial charge in [0, 0.05) is 0 Å². The fourth-order valence-corrected chi connectivity index (χ4v) is 2.84.